The maximum Gasteiger partial charge on any atom is 0.333 e. The van der Waals surface area contributed by atoms with Gasteiger partial charge in [-0.2, -0.15) is 0 Å². The molecule has 0 N–H and O–H groups in total. The van der Waals surface area contributed by atoms with Gasteiger partial charge in [0.15, 0.2) is 0 Å². The Balaban J connectivity index is 1.25. The van der Waals surface area contributed by atoms with Crippen molar-refractivity contribution in [1.82, 2.24) is 4.57 Å². The molecular formula is C46H27BN2O. The summed E-state index contributed by atoms with van der Waals surface area (Å²) >= 11 is 0. The van der Waals surface area contributed by atoms with Gasteiger partial charge in [-0.3, -0.25) is 4.57 Å². The summed E-state index contributed by atoms with van der Waals surface area (Å²) in [4.78, 5) is 2.60. The molecule has 0 aliphatic carbocycles. The highest BCUT2D eigenvalue weighted by molar-refractivity contribution is 6.94. The van der Waals surface area contributed by atoms with Gasteiger partial charge >= 0.3 is 6.85 Å². The molecule has 12 rings (SSSR count). The first-order chi connectivity index (χ1) is 24.8. The molecule has 0 radical (unpaired) electrons. The van der Waals surface area contributed by atoms with Crippen molar-refractivity contribution in [3.8, 4) is 27.9 Å². The second kappa shape index (κ2) is 9.55. The van der Waals surface area contributed by atoms with E-state index in [1.54, 1.807) is 0 Å². The Morgan fingerprint density at radius 3 is 2.00 bits per heavy atom. The van der Waals surface area contributed by atoms with E-state index < -0.39 is 0 Å². The number of hydrogen-bond donors (Lipinski definition) is 0. The molecule has 0 saturated heterocycles. The minimum absolute atomic E-state index is 0.0534. The minimum atomic E-state index is -0.0534. The molecule has 4 heteroatoms. The second-order valence-electron chi connectivity index (χ2n) is 13.7. The fourth-order valence-electron chi connectivity index (χ4n) is 9.04. The molecule has 4 heterocycles. The van der Waals surface area contributed by atoms with Gasteiger partial charge in [0.25, 0.3) is 0 Å². The van der Waals surface area contributed by atoms with Crippen LogP contribution in [-0.4, -0.2) is 11.4 Å². The Hall–Kier alpha value is -6.52. The first-order valence-corrected chi connectivity index (χ1v) is 17.3. The van der Waals surface area contributed by atoms with Gasteiger partial charge in [0.2, 0.25) is 5.71 Å². The summed E-state index contributed by atoms with van der Waals surface area (Å²) in [7, 11) is 0. The maximum absolute atomic E-state index is 6.79. The van der Waals surface area contributed by atoms with E-state index in [0.717, 1.165) is 16.7 Å². The molecule has 0 spiro atoms. The van der Waals surface area contributed by atoms with Gasteiger partial charge in [-0.05, 0) is 85.6 Å². The SMILES string of the molecule is c1ccc(-c2ccc(N3B4c5c(cc6ccccc6c5-c5cc6ccccc6cc53)-n3c5oc6ccccc6c5c5cccc4c53)cc2)cc1. The molecule has 8 aromatic carbocycles. The Morgan fingerprint density at radius 1 is 0.500 bits per heavy atom. The highest BCUT2D eigenvalue weighted by Gasteiger charge is 2.45. The molecule has 2 aromatic heterocycles. The van der Waals surface area contributed by atoms with Crippen LogP contribution in [0, 0.1) is 0 Å². The third-order valence-corrected chi connectivity index (χ3v) is 11.1. The summed E-state index contributed by atoms with van der Waals surface area (Å²) in [6, 6.07) is 60.0. The van der Waals surface area contributed by atoms with Gasteiger partial charge in [-0.1, -0.05) is 127 Å². The van der Waals surface area contributed by atoms with Crippen LogP contribution in [0.15, 0.2) is 168 Å². The number of aromatic nitrogens is 1. The largest absolute Gasteiger partial charge is 0.439 e. The number of furan rings is 1. The topological polar surface area (TPSA) is 21.3 Å². The van der Waals surface area contributed by atoms with Crippen molar-refractivity contribution in [2.75, 3.05) is 4.81 Å². The van der Waals surface area contributed by atoms with Crippen molar-refractivity contribution in [2.45, 2.75) is 0 Å². The molecule has 230 valence electrons. The molecule has 3 nitrogen and oxygen atoms in total. The highest BCUT2D eigenvalue weighted by Crippen LogP contribution is 2.49. The number of fused-ring (bicyclic) bond motifs is 12. The summed E-state index contributed by atoms with van der Waals surface area (Å²) in [5, 5.41) is 8.54. The van der Waals surface area contributed by atoms with E-state index in [2.05, 4.69) is 173 Å². The van der Waals surface area contributed by atoms with Gasteiger partial charge in [0.1, 0.15) is 5.58 Å². The van der Waals surface area contributed by atoms with Crippen LogP contribution in [0.1, 0.15) is 0 Å². The fraction of sp³-hybridized carbons (Fsp3) is 0. The van der Waals surface area contributed by atoms with Gasteiger partial charge in [0.05, 0.1) is 10.9 Å². The molecule has 0 fully saturated rings. The lowest BCUT2D eigenvalue weighted by molar-refractivity contribution is 0.646. The molecule has 0 saturated carbocycles. The van der Waals surface area contributed by atoms with E-state index >= 15 is 0 Å². The van der Waals surface area contributed by atoms with E-state index in [-0.39, 0.29) is 6.85 Å². The summed E-state index contributed by atoms with van der Waals surface area (Å²) in [5.74, 6) is 0. The number of hydrogen-bond acceptors (Lipinski definition) is 2. The van der Waals surface area contributed by atoms with Gasteiger partial charge in [-0.25, -0.2) is 0 Å². The highest BCUT2D eigenvalue weighted by atomic mass is 16.3. The quantitative estimate of drug-likeness (QED) is 0.177. The second-order valence-corrected chi connectivity index (χ2v) is 13.7. The van der Waals surface area contributed by atoms with E-state index in [9.17, 15) is 0 Å². The molecular weight excluding hydrogens is 607 g/mol. The van der Waals surface area contributed by atoms with Gasteiger partial charge in [-0.15, -0.1) is 0 Å². The number of para-hydroxylation sites is 2. The predicted octanol–water partition coefficient (Wildman–Crippen LogP) is 10.7. The van der Waals surface area contributed by atoms with Crippen molar-refractivity contribution in [1.29, 1.82) is 0 Å². The number of benzene rings is 8. The number of rotatable bonds is 2. The lowest BCUT2D eigenvalue weighted by Gasteiger charge is -2.42. The number of anilines is 2. The van der Waals surface area contributed by atoms with E-state index in [0.29, 0.717) is 0 Å². The smallest absolute Gasteiger partial charge is 0.333 e. The van der Waals surface area contributed by atoms with E-state index in [1.165, 1.54) is 88.1 Å². The lowest BCUT2D eigenvalue weighted by atomic mass is 9.43. The average Bonchev–Trinajstić information content (AvgIpc) is 3.71. The lowest BCUT2D eigenvalue weighted by Crippen LogP contribution is -2.60. The third kappa shape index (κ3) is 3.35. The predicted molar refractivity (Wildman–Crippen MR) is 210 cm³/mol. The summed E-state index contributed by atoms with van der Waals surface area (Å²) in [6.07, 6.45) is 0. The molecule has 2 aliphatic rings. The van der Waals surface area contributed by atoms with Crippen LogP contribution in [0.4, 0.5) is 11.4 Å². The summed E-state index contributed by atoms with van der Waals surface area (Å²) < 4.78 is 9.21. The van der Waals surface area contributed by atoms with Crippen LogP contribution < -0.4 is 15.7 Å². The molecule has 50 heavy (non-hydrogen) atoms. The molecule has 0 atom stereocenters. The average molecular weight is 635 g/mol. The van der Waals surface area contributed by atoms with Crippen LogP contribution >= 0.6 is 0 Å². The molecule has 2 aliphatic heterocycles. The Kier molecular flexibility index (Phi) is 5.05. The molecule has 10 aromatic rings. The van der Waals surface area contributed by atoms with Crippen LogP contribution in [0.5, 0.6) is 0 Å². The zero-order chi connectivity index (χ0) is 32.5. The van der Waals surface area contributed by atoms with Crippen LogP contribution in [-0.2, 0) is 0 Å². The number of nitrogens with zero attached hydrogens (tertiary/aromatic N) is 2. The monoisotopic (exact) mass is 634 g/mol. The van der Waals surface area contributed by atoms with Crippen LogP contribution in [0.2, 0.25) is 0 Å². The van der Waals surface area contributed by atoms with Gasteiger partial charge < -0.3 is 9.23 Å². The Labute approximate surface area is 288 Å². The zero-order valence-electron chi connectivity index (χ0n) is 27.0. The summed E-state index contributed by atoms with van der Waals surface area (Å²) in [5.41, 5.74) is 14.2. The fourth-order valence-corrected chi connectivity index (χ4v) is 9.04. The first-order valence-electron chi connectivity index (χ1n) is 17.3. The van der Waals surface area contributed by atoms with Crippen molar-refractivity contribution in [2.24, 2.45) is 0 Å². The molecule has 0 bridgehead atoms. The maximum atomic E-state index is 6.79. The standard InChI is InChI=1S/C46H27BN2O/c1-2-11-28(12-3-1)29-21-23-33(24-22-29)49-39-26-31-14-5-4-13-30(31)25-37(39)42-34-16-7-6-15-32(34)27-40-44(42)47(49)38-19-10-18-36-43-35-17-8-9-20-41(35)50-46(43)48(40)45(36)38/h1-27H. The van der Waals surface area contributed by atoms with Crippen molar-refractivity contribution in [3.05, 3.63) is 164 Å². The zero-order valence-corrected chi connectivity index (χ0v) is 27.0. The normalized spacial score (nSPS) is 13.1. The summed E-state index contributed by atoms with van der Waals surface area (Å²) in [6.45, 7) is -0.0534. The molecule has 0 amide bonds. The van der Waals surface area contributed by atoms with Crippen LogP contribution in [0.3, 0.4) is 0 Å². The first kappa shape index (κ1) is 26.4. The van der Waals surface area contributed by atoms with Crippen molar-refractivity contribution in [3.63, 3.8) is 0 Å². The van der Waals surface area contributed by atoms with Crippen molar-refractivity contribution >= 4 is 83.7 Å². The Morgan fingerprint density at radius 2 is 1.16 bits per heavy atom. The molecule has 0 unspecified atom stereocenters. The van der Waals surface area contributed by atoms with Gasteiger partial charge in [0, 0.05) is 33.4 Å². The third-order valence-electron chi connectivity index (χ3n) is 11.1. The van der Waals surface area contributed by atoms with E-state index in [1.807, 2.05) is 0 Å². The minimum Gasteiger partial charge on any atom is -0.439 e. The van der Waals surface area contributed by atoms with E-state index in [4.69, 9.17) is 4.42 Å². The Bertz CT molecular complexity index is 3050. The van der Waals surface area contributed by atoms with Crippen molar-refractivity contribution < 1.29 is 4.42 Å². The van der Waals surface area contributed by atoms with Crippen LogP contribution in [0.25, 0.3) is 82.5 Å².